The number of aromatic nitrogens is 4. The summed E-state index contributed by atoms with van der Waals surface area (Å²) in [5, 5.41) is 7.45. The molecule has 0 bridgehead atoms. The van der Waals surface area contributed by atoms with Crippen LogP contribution in [0.5, 0.6) is 0 Å². The van der Waals surface area contributed by atoms with Crippen LogP contribution in [0.3, 0.4) is 0 Å². The van der Waals surface area contributed by atoms with Crippen molar-refractivity contribution < 1.29 is 4.79 Å². The van der Waals surface area contributed by atoms with Gasteiger partial charge in [-0.05, 0) is 32.6 Å². The van der Waals surface area contributed by atoms with E-state index in [4.69, 9.17) is 0 Å². The van der Waals surface area contributed by atoms with Gasteiger partial charge in [0.2, 0.25) is 5.91 Å². The van der Waals surface area contributed by atoms with E-state index in [1.165, 1.54) is 12.7 Å². The first-order valence-electron chi connectivity index (χ1n) is 7.94. The molecule has 1 aliphatic rings. The third-order valence-electron chi connectivity index (χ3n) is 4.07. The van der Waals surface area contributed by atoms with Crippen molar-refractivity contribution in [2.24, 2.45) is 0 Å². The minimum absolute atomic E-state index is 0.142. The zero-order valence-electron chi connectivity index (χ0n) is 13.1. The van der Waals surface area contributed by atoms with Crippen molar-refractivity contribution >= 4 is 17.5 Å². The van der Waals surface area contributed by atoms with Crippen LogP contribution in [0.4, 0.5) is 5.82 Å². The summed E-state index contributed by atoms with van der Waals surface area (Å²) in [5.74, 6) is 1.46. The highest BCUT2D eigenvalue weighted by atomic mass is 16.2. The minimum atomic E-state index is -0.294. The lowest BCUT2D eigenvalue weighted by Crippen LogP contribution is -2.44. The van der Waals surface area contributed by atoms with Crippen LogP contribution in [0.1, 0.15) is 38.8 Å². The maximum atomic E-state index is 12.5. The summed E-state index contributed by atoms with van der Waals surface area (Å²) >= 11 is 0. The predicted molar refractivity (Wildman–Crippen MR) is 83.7 cm³/mol. The molecule has 2 aromatic rings. The minimum Gasteiger partial charge on any atom is -0.358 e. The standard InChI is InChI=1S/C15H22N6O/c1-3-12-9-13(21-15(19-12)16-10-17-21)18-11(2)14(22)20-7-5-4-6-8-20/h9-11,18H,3-8H2,1-2H3/t11-/m1/s1. The second-order valence-electron chi connectivity index (χ2n) is 5.71. The fourth-order valence-corrected chi connectivity index (χ4v) is 2.82. The molecular weight excluding hydrogens is 280 g/mol. The van der Waals surface area contributed by atoms with Crippen LogP contribution in [0.25, 0.3) is 5.78 Å². The fraction of sp³-hybridized carbons (Fsp3) is 0.600. The Kier molecular flexibility index (Phi) is 4.22. The molecule has 2 aromatic heterocycles. The number of fused-ring (bicyclic) bond motifs is 1. The molecule has 1 aliphatic heterocycles. The van der Waals surface area contributed by atoms with Crippen LogP contribution in [0.15, 0.2) is 12.4 Å². The maximum Gasteiger partial charge on any atom is 0.254 e. The normalized spacial score (nSPS) is 16.7. The number of amides is 1. The van der Waals surface area contributed by atoms with Crippen LogP contribution in [0.2, 0.25) is 0 Å². The lowest BCUT2D eigenvalue weighted by molar-refractivity contribution is -0.132. The van der Waals surface area contributed by atoms with Gasteiger partial charge in [0.15, 0.2) is 0 Å². The monoisotopic (exact) mass is 302 g/mol. The van der Waals surface area contributed by atoms with E-state index in [0.717, 1.165) is 43.9 Å². The van der Waals surface area contributed by atoms with Gasteiger partial charge in [-0.2, -0.15) is 14.6 Å². The molecular formula is C15H22N6O. The van der Waals surface area contributed by atoms with E-state index >= 15 is 0 Å². The van der Waals surface area contributed by atoms with Crippen molar-refractivity contribution in [3.63, 3.8) is 0 Å². The number of likely N-dealkylation sites (tertiary alicyclic amines) is 1. The van der Waals surface area contributed by atoms with Gasteiger partial charge in [-0.15, -0.1) is 0 Å². The van der Waals surface area contributed by atoms with E-state index in [0.29, 0.717) is 5.78 Å². The summed E-state index contributed by atoms with van der Waals surface area (Å²) < 4.78 is 1.64. The average Bonchev–Trinajstić information content (AvgIpc) is 3.03. The smallest absolute Gasteiger partial charge is 0.254 e. The quantitative estimate of drug-likeness (QED) is 0.926. The molecule has 0 spiro atoms. The maximum absolute atomic E-state index is 12.5. The number of piperidine rings is 1. The molecule has 1 fully saturated rings. The highest BCUT2D eigenvalue weighted by Crippen LogP contribution is 2.15. The number of aryl methyl sites for hydroxylation is 1. The first-order chi connectivity index (χ1) is 10.7. The van der Waals surface area contributed by atoms with Crippen LogP contribution < -0.4 is 5.32 Å². The summed E-state index contributed by atoms with van der Waals surface area (Å²) in [6.07, 6.45) is 5.70. The molecule has 1 N–H and O–H groups in total. The Morgan fingerprint density at radius 3 is 2.86 bits per heavy atom. The van der Waals surface area contributed by atoms with E-state index in [1.54, 1.807) is 4.52 Å². The molecule has 3 heterocycles. The molecule has 1 saturated heterocycles. The van der Waals surface area contributed by atoms with Gasteiger partial charge in [-0.25, -0.2) is 4.98 Å². The highest BCUT2D eigenvalue weighted by Gasteiger charge is 2.23. The number of rotatable bonds is 4. The molecule has 0 aromatic carbocycles. The third kappa shape index (κ3) is 2.88. The molecule has 0 radical (unpaired) electrons. The number of nitrogens with zero attached hydrogens (tertiary/aromatic N) is 5. The van der Waals surface area contributed by atoms with Crippen molar-refractivity contribution in [1.29, 1.82) is 0 Å². The molecule has 7 nitrogen and oxygen atoms in total. The average molecular weight is 302 g/mol. The molecule has 22 heavy (non-hydrogen) atoms. The number of carbonyl (C=O) groups is 1. The number of hydrogen-bond donors (Lipinski definition) is 1. The third-order valence-corrected chi connectivity index (χ3v) is 4.07. The van der Waals surface area contributed by atoms with Gasteiger partial charge in [0, 0.05) is 24.8 Å². The zero-order chi connectivity index (χ0) is 15.5. The zero-order valence-corrected chi connectivity index (χ0v) is 13.1. The number of carbonyl (C=O) groups excluding carboxylic acids is 1. The summed E-state index contributed by atoms with van der Waals surface area (Å²) in [6, 6.07) is 1.64. The fourth-order valence-electron chi connectivity index (χ4n) is 2.82. The Bertz CT molecular complexity index is 661. The highest BCUT2D eigenvalue weighted by molar-refractivity contribution is 5.84. The van der Waals surface area contributed by atoms with E-state index in [2.05, 4.69) is 20.4 Å². The Balaban J connectivity index is 1.79. The van der Waals surface area contributed by atoms with Gasteiger partial charge in [0.1, 0.15) is 18.2 Å². The van der Waals surface area contributed by atoms with E-state index in [-0.39, 0.29) is 11.9 Å². The van der Waals surface area contributed by atoms with Gasteiger partial charge >= 0.3 is 0 Å². The second kappa shape index (κ2) is 6.29. The van der Waals surface area contributed by atoms with Crippen molar-refractivity contribution in [3.05, 3.63) is 18.1 Å². The van der Waals surface area contributed by atoms with Crippen molar-refractivity contribution in [2.75, 3.05) is 18.4 Å². The Morgan fingerprint density at radius 1 is 1.36 bits per heavy atom. The lowest BCUT2D eigenvalue weighted by Gasteiger charge is -2.29. The lowest BCUT2D eigenvalue weighted by atomic mass is 10.1. The SMILES string of the molecule is CCc1cc(N[C@H](C)C(=O)N2CCCCC2)n2ncnc2n1. The largest absolute Gasteiger partial charge is 0.358 e. The molecule has 0 aliphatic carbocycles. The van der Waals surface area contributed by atoms with E-state index in [1.807, 2.05) is 24.8 Å². The molecule has 3 rings (SSSR count). The second-order valence-corrected chi connectivity index (χ2v) is 5.71. The molecule has 0 unspecified atom stereocenters. The molecule has 1 amide bonds. The van der Waals surface area contributed by atoms with Gasteiger partial charge in [0.25, 0.3) is 5.78 Å². The Hall–Kier alpha value is -2.18. The first kappa shape index (κ1) is 14.7. The van der Waals surface area contributed by atoms with Crippen LogP contribution >= 0.6 is 0 Å². The van der Waals surface area contributed by atoms with Crippen LogP contribution in [-0.2, 0) is 11.2 Å². The Morgan fingerprint density at radius 2 is 2.14 bits per heavy atom. The first-order valence-corrected chi connectivity index (χ1v) is 7.94. The van der Waals surface area contributed by atoms with Crippen LogP contribution in [0, 0.1) is 0 Å². The number of hydrogen-bond acceptors (Lipinski definition) is 5. The number of anilines is 1. The van der Waals surface area contributed by atoms with Gasteiger partial charge in [0.05, 0.1) is 0 Å². The topological polar surface area (TPSA) is 75.4 Å². The summed E-state index contributed by atoms with van der Waals surface area (Å²) in [5.41, 5.74) is 0.931. The van der Waals surface area contributed by atoms with Gasteiger partial charge in [-0.3, -0.25) is 4.79 Å². The van der Waals surface area contributed by atoms with Gasteiger partial charge in [-0.1, -0.05) is 6.92 Å². The summed E-state index contributed by atoms with van der Waals surface area (Å²) in [4.78, 5) is 23.0. The number of nitrogens with one attached hydrogen (secondary N) is 1. The van der Waals surface area contributed by atoms with E-state index in [9.17, 15) is 4.79 Å². The van der Waals surface area contributed by atoms with Crippen LogP contribution in [-0.4, -0.2) is 49.5 Å². The molecule has 1 atom stereocenters. The van der Waals surface area contributed by atoms with E-state index < -0.39 is 0 Å². The molecule has 118 valence electrons. The Labute approximate surface area is 129 Å². The molecule has 0 saturated carbocycles. The summed E-state index contributed by atoms with van der Waals surface area (Å²) in [7, 11) is 0. The van der Waals surface area contributed by atoms with Crippen molar-refractivity contribution in [1.82, 2.24) is 24.5 Å². The summed E-state index contributed by atoms with van der Waals surface area (Å²) in [6.45, 7) is 5.66. The predicted octanol–water partition coefficient (Wildman–Crippen LogP) is 1.50. The van der Waals surface area contributed by atoms with Crippen molar-refractivity contribution in [2.45, 2.75) is 45.6 Å². The van der Waals surface area contributed by atoms with Crippen molar-refractivity contribution in [3.8, 4) is 0 Å². The molecule has 7 heteroatoms. The van der Waals surface area contributed by atoms with Gasteiger partial charge < -0.3 is 10.2 Å².